The van der Waals surface area contributed by atoms with E-state index in [1.165, 1.54) is 18.2 Å². The SMILES string of the molecule is CC1CC(C)CN(C(=O)CSc2ncccc2-c2nc3ccccc3[nH]2)C1. The van der Waals surface area contributed by atoms with Gasteiger partial charge < -0.3 is 9.88 Å². The first-order valence-corrected chi connectivity index (χ1v) is 10.4. The molecule has 1 N–H and O–H groups in total. The van der Waals surface area contributed by atoms with Gasteiger partial charge in [-0.3, -0.25) is 4.79 Å². The molecular formula is C21H24N4OS. The van der Waals surface area contributed by atoms with E-state index in [2.05, 4.69) is 28.8 Å². The Hall–Kier alpha value is -2.34. The van der Waals surface area contributed by atoms with Crippen LogP contribution in [0.3, 0.4) is 0 Å². The molecule has 3 aromatic rings. The summed E-state index contributed by atoms with van der Waals surface area (Å²) in [6, 6.07) is 11.9. The third kappa shape index (κ3) is 4.00. The number of benzene rings is 1. The quantitative estimate of drug-likeness (QED) is 0.689. The number of carbonyl (C=O) groups is 1. The number of thioether (sulfide) groups is 1. The van der Waals surface area contributed by atoms with Crippen molar-refractivity contribution in [3.05, 3.63) is 42.6 Å². The van der Waals surface area contributed by atoms with Crippen molar-refractivity contribution in [3.8, 4) is 11.4 Å². The average Bonchev–Trinajstić information content (AvgIpc) is 3.09. The molecule has 1 aliphatic rings. The van der Waals surface area contributed by atoms with E-state index in [1.807, 2.05) is 41.3 Å². The van der Waals surface area contributed by atoms with Crippen LogP contribution in [0.4, 0.5) is 0 Å². The van der Waals surface area contributed by atoms with Crippen molar-refractivity contribution < 1.29 is 4.79 Å². The van der Waals surface area contributed by atoms with Gasteiger partial charge in [0.1, 0.15) is 10.9 Å². The van der Waals surface area contributed by atoms with Crippen molar-refractivity contribution in [1.82, 2.24) is 19.9 Å². The second-order valence-corrected chi connectivity index (χ2v) is 8.46. The Kier molecular flexibility index (Phi) is 5.16. The molecule has 0 bridgehead atoms. The van der Waals surface area contributed by atoms with Crippen LogP contribution in [-0.2, 0) is 4.79 Å². The van der Waals surface area contributed by atoms with E-state index in [-0.39, 0.29) is 5.91 Å². The van der Waals surface area contributed by atoms with E-state index >= 15 is 0 Å². The van der Waals surface area contributed by atoms with Crippen molar-refractivity contribution in [1.29, 1.82) is 0 Å². The standard InChI is InChI=1S/C21H24N4OS/c1-14-10-15(2)12-25(11-14)19(26)13-27-21-16(6-5-9-22-21)20-23-17-7-3-4-8-18(17)24-20/h3-9,14-15H,10-13H2,1-2H3,(H,23,24). The van der Waals surface area contributed by atoms with Crippen LogP contribution in [0.5, 0.6) is 0 Å². The van der Waals surface area contributed by atoms with Crippen molar-refractivity contribution >= 4 is 28.7 Å². The first kappa shape index (κ1) is 18.0. The number of para-hydroxylation sites is 2. The van der Waals surface area contributed by atoms with Gasteiger partial charge in [0.2, 0.25) is 5.91 Å². The number of carbonyl (C=O) groups excluding carboxylic acids is 1. The Labute approximate surface area is 163 Å². The molecule has 2 unspecified atom stereocenters. The number of hydrogen-bond acceptors (Lipinski definition) is 4. The number of piperidine rings is 1. The highest BCUT2D eigenvalue weighted by Gasteiger charge is 2.25. The number of pyridine rings is 1. The third-order valence-electron chi connectivity index (χ3n) is 4.97. The second-order valence-electron chi connectivity index (χ2n) is 7.49. The summed E-state index contributed by atoms with van der Waals surface area (Å²) in [4.78, 5) is 27.3. The number of nitrogens with zero attached hydrogens (tertiary/aromatic N) is 3. The lowest BCUT2D eigenvalue weighted by molar-refractivity contribution is -0.130. The van der Waals surface area contributed by atoms with Crippen LogP contribution in [0.1, 0.15) is 20.3 Å². The molecule has 1 fully saturated rings. The van der Waals surface area contributed by atoms with Gasteiger partial charge >= 0.3 is 0 Å². The summed E-state index contributed by atoms with van der Waals surface area (Å²) in [5, 5.41) is 0.836. The van der Waals surface area contributed by atoms with Crippen molar-refractivity contribution in [2.75, 3.05) is 18.8 Å². The zero-order chi connectivity index (χ0) is 18.8. The number of nitrogens with one attached hydrogen (secondary N) is 1. The fourth-order valence-corrected chi connectivity index (χ4v) is 4.75. The monoisotopic (exact) mass is 380 g/mol. The van der Waals surface area contributed by atoms with E-state index in [9.17, 15) is 4.79 Å². The summed E-state index contributed by atoms with van der Waals surface area (Å²) in [5.74, 6) is 2.54. The topological polar surface area (TPSA) is 61.9 Å². The fraction of sp³-hybridized carbons (Fsp3) is 0.381. The van der Waals surface area contributed by atoms with Gasteiger partial charge in [-0.1, -0.05) is 37.7 Å². The van der Waals surface area contributed by atoms with Crippen LogP contribution in [-0.4, -0.2) is 44.6 Å². The molecule has 0 radical (unpaired) electrons. The molecule has 27 heavy (non-hydrogen) atoms. The molecule has 0 saturated carbocycles. The number of likely N-dealkylation sites (tertiary alicyclic amines) is 1. The number of H-pyrrole nitrogens is 1. The molecule has 4 rings (SSSR count). The second kappa shape index (κ2) is 7.72. The molecular weight excluding hydrogens is 356 g/mol. The summed E-state index contributed by atoms with van der Waals surface area (Å²) in [6.07, 6.45) is 2.97. The van der Waals surface area contributed by atoms with Crippen LogP contribution in [0.25, 0.3) is 22.4 Å². The van der Waals surface area contributed by atoms with Gasteiger partial charge in [-0.05, 0) is 42.5 Å². The molecule has 1 saturated heterocycles. The highest BCUT2D eigenvalue weighted by molar-refractivity contribution is 8.00. The van der Waals surface area contributed by atoms with Gasteiger partial charge in [0.05, 0.1) is 16.8 Å². The van der Waals surface area contributed by atoms with Crippen LogP contribution in [0.15, 0.2) is 47.6 Å². The Bertz CT molecular complexity index is 911. The van der Waals surface area contributed by atoms with Crippen LogP contribution >= 0.6 is 11.8 Å². The fourth-order valence-electron chi connectivity index (χ4n) is 3.85. The maximum atomic E-state index is 12.7. The number of amides is 1. The normalized spacial score (nSPS) is 20.1. The minimum absolute atomic E-state index is 0.194. The smallest absolute Gasteiger partial charge is 0.233 e. The van der Waals surface area contributed by atoms with Gasteiger partial charge in [0.25, 0.3) is 0 Å². The van der Waals surface area contributed by atoms with Crippen molar-refractivity contribution in [2.45, 2.75) is 25.3 Å². The molecule has 3 heterocycles. The van der Waals surface area contributed by atoms with Gasteiger partial charge in [0.15, 0.2) is 0 Å². The third-order valence-corrected chi connectivity index (χ3v) is 5.96. The van der Waals surface area contributed by atoms with Gasteiger partial charge in [0, 0.05) is 24.8 Å². The molecule has 0 spiro atoms. The number of rotatable bonds is 4. The summed E-state index contributed by atoms with van der Waals surface area (Å²) in [5.41, 5.74) is 2.87. The van der Waals surface area contributed by atoms with Gasteiger partial charge in [-0.25, -0.2) is 9.97 Å². The Morgan fingerprint density at radius 2 is 1.96 bits per heavy atom. The van der Waals surface area contributed by atoms with E-state index in [1.54, 1.807) is 6.20 Å². The molecule has 0 aliphatic carbocycles. The first-order valence-electron chi connectivity index (χ1n) is 9.41. The maximum Gasteiger partial charge on any atom is 0.233 e. The highest BCUT2D eigenvalue weighted by atomic mass is 32.2. The summed E-state index contributed by atoms with van der Waals surface area (Å²) < 4.78 is 0. The molecule has 1 aliphatic heterocycles. The molecule has 1 aromatic carbocycles. The molecule has 5 nitrogen and oxygen atoms in total. The predicted octanol–water partition coefficient (Wildman–Crippen LogP) is 4.22. The summed E-state index contributed by atoms with van der Waals surface area (Å²) >= 11 is 1.49. The Morgan fingerprint density at radius 1 is 1.19 bits per heavy atom. The van der Waals surface area contributed by atoms with E-state index in [4.69, 9.17) is 0 Å². The lowest BCUT2D eigenvalue weighted by Gasteiger charge is -2.35. The van der Waals surface area contributed by atoms with Crippen molar-refractivity contribution in [3.63, 3.8) is 0 Å². The van der Waals surface area contributed by atoms with Crippen LogP contribution in [0, 0.1) is 11.8 Å². The molecule has 1 amide bonds. The molecule has 2 atom stereocenters. The van der Waals surface area contributed by atoms with Crippen molar-refractivity contribution in [2.24, 2.45) is 11.8 Å². The average molecular weight is 381 g/mol. The summed E-state index contributed by atoms with van der Waals surface area (Å²) in [7, 11) is 0. The Morgan fingerprint density at radius 3 is 2.74 bits per heavy atom. The Balaban J connectivity index is 1.51. The number of aromatic nitrogens is 3. The minimum Gasteiger partial charge on any atom is -0.341 e. The van der Waals surface area contributed by atoms with Crippen LogP contribution < -0.4 is 0 Å². The molecule has 2 aromatic heterocycles. The van der Waals surface area contributed by atoms with Gasteiger partial charge in [-0.15, -0.1) is 0 Å². The van der Waals surface area contributed by atoms with E-state index in [0.717, 1.165) is 40.5 Å². The number of hydrogen-bond donors (Lipinski definition) is 1. The van der Waals surface area contributed by atoms with E-state index < -0.39 is 0 Å². The highest BCUT2D eigenvalue weighted by Crippen LogP contribution is 2.30. The van der Waals surface area contributed by atoms with Gasteiger partial charge in [-0.2, -0.15) is 0 Å². The molecule has 6 heteroatoms. The largest absolute Gasteiger partial charge is 0.341 e. The van der Waals surface area contributed by atoms with Crippen LogP contribution in [0.2, 0.25) is 0 Å². The minimum atomic E-state index is 0.194. The summed E-state index contributed by atoms with van der Waals surface area (Å²) in [6.45, 7) is 6.17. The predicted molar refractivity (Wildman–Crippen MR) is 110 cm³/mol. The molecule has 140 valence electrons. The number of imidazole rings is 1. The maximum absolute atomic E-state index is 12.7. The lowest BCUT2D eigenvalue weighted by atomic mass is 9.92. The lowest BCUT2D eigenvalue weighted by Crippen LogP contribution is -2.43. The zero-order valence-electron chi connectivity index (χ0n) is 15.7. The van der Waals surface area contributed by atoms with E-state index in [0.29, 0.717) is 17.6 Å². The number of aromatic amines is 1. The zero-order valence-corrected chi connectivity index (χ0v) is 16.5. The first-order chi connectivity index (χ1) is 13.1. The number of fused-ring (bicyclic) bond motifs is 1.